The molecule has 2 rings (SSSR count). The first-order valence-electron chi connectivity index (χ1n) is 5.80. The Morgan fingerprint density at radius 1 is 1.47 bits per heavy atom. The van der Waals surface area contributed by atoms with E-state index in [9.17, 15) is 4.79 Å². The molecule has 92 valence electrons. The number of ether oxygens (including phenoxy) is 1. The highest BCUT2D eigenvalue weighted by molar-refractivity contribution is 6.00. The van der Waals surface area contributed by atoms with Gasteiger partial charge in [0, 0.05) is 26.4 Å². The summed E-state index contributed by atoms with van der Waals surface area (Å²) >= 11 is 0. The van der Waals surface area contributed by atoms with Gasteiger partial charge in [0.1, 0.15) is 0 Å². The fraction of sp³-hybridized carbons (Fsp3) is 0.462. The second kappa shape index (κ2) is 5.29. The zero-order valence-electron chi connectivity index (χ0n) is 10.3. The summed E-state index contributed by atoms with van der Waals surface area (Å²) in [7, 11) is 3.50. The van der Waals surface area contributed by atoms with Crippen LogP contribution in [0.1, 0.15) is 11.1 Å². The summed E-state index contributed by atoms with van der Waals surface area (Å²) in [4.78, 5) is 13.3. The molecule has 0 spiro atoms. The van der Waals surface area contributed by atoms with Crippen molar-refractivity contribution in [2.45, 2.75) is 12.8 Å². The fourth-order valence-corrected chi connectivity index (χ4v) is 2.09. The van der Waals surface area contributed by atoms with Crippen LogP contribution in [-0.4, -0.2) is 33.3 Å². The molecule has 1 aromatic rings. The number of methoxy groups -OCH3 is 1. The molecule has 4 heteroatoms. The molecule has 0 saturated heterocycles. The molecular weight excluding hydrogens is 216 g/mol. The van der Waals surface area contributed by atoms with Gasteiger partial charge in [-0.3, -0.25) is 10.1 Å². The Labute approximate surface area is 102 Å². The molecule has 0 saturated carbocycles. The number of amides is 1. The van der Waals surface area contributed by atoms with Crippen LogP contribution in [0.4, 0.5) is 5.69 Å². The van der Waals surface area contributed by atoms with Gasteiger partial charge in [-0.05, 0) is 23.6 Å². The molecule has 0 aromatic heterocycles. The number of fused-ring (bicyclic) bond motifs is 1. The van der Waals surface area contributed by atoms with E-state index in [2.05, 4.69) is 17.4 Å². The van der Waals surface area contributed by atoms with Crippen LogP contribution in [0.3, 0.4) is 0 Å². The predicted molar refractivity (Wildman–Crippen MR) is 67.1 cm³/mol. The molecule has 1 aliphatic rings. The summed E-state index contributed by atoms with van der Waals surface area (Å²) < 4.78 is 4.92. The van der Waals surface area contributed by atoms with Crippen molar-refractivity contribution in [3.05, 3.63) is 29.3 Å². The van der Waals surface area contributed by atoms with Gasteiger partial charge in [0.2, 0.25) is 5.91 Å². The van der Waals surface area contributed by atoms with Crippen LogP contribution in [0.2, 0.25) is 0 Å². The van der Waals surface area contributed by atoms with Gasteiger partial charge in [0.25, 0.3) is 0 Å². The summed E-state index contributed by atoms with van der Waals surface area (Å²) in [5.74, 6) is 0.176. The lowest BCUT2D eigenvalue weighted by Gasteiger charge is -2.10. The van der Waals surface area contributed by atoms with Crippen molar-refractivity contribution in [1.82, 2.24) is 5.32 Å². The lowest BCUT2D eigenvalue weighted by atomic mass is 10.1. The zero-order valence-corrected chi connectivity index (χ0v) is 10.3. The fourth-order valence-electron chi connectivity index (χ4n) is 2.09. The minimum atomic E-state index is 0.176. The summed E-state index contributed by atoms with van der Waals surface area (Å²) in [5, 5.41) is 3.17. The molecular formula is C13H18N2O2. The smallest absolute Gasteiger partial charge is 0.231 e. The number of carbonyl (C=O) groups is 1. The van der Waals surface area contributed by atoms with E-state index in [-0.39, 0.29) is 5.91 Å². The van der Waals surface area contributed by atoms with Gasteiger partial charge >= 0.3 is 0 Å². The minimum absolute atomic E-state index is 0.176. The van der Waals surface area contributed by atoms with E-state index in [1.807, 2.05) is 13.1 Å². The van der Waals surface area contributed by atoms with Crippen LogP contribution < -0.4 is 10.2 Å². The summed E-state index contributed by atoms with van der Waals surface area (Å²) in [5.41, 5.74) is 3.45. The third kappa shape index (κ3) is 2.65. The van der Waals surface area contributed by atoms with Crippen LogP contribution >= 0.6 is 0 Å². The van der Waals surface area contributed by atoms with E-state index in [0.717, 1.165) is 24.2 Å². The van der Waals surface area contributed by atoms with Crippen molar-refractivity contribution in [2.75, 3.05) is 32.3 Å². The number of nitrogens with zero attached hydrogens (tertiary/aromatic N) is 1. The Balaban J connectivity index is 1.98. The Morgan fingerprint density at radius 2 is 2.29 bits per heavy atom. The van der Waals surface area contributed by atoms with Gasteiger partial charge in [0.05, 0.1) is 13.2 Å². The van der Waals surface area contributed by atoms with Crippen LogP contribution in [0.25, 0.3) is 0 Å². The highest BCUT2D eigenvalue weighted by Crippen LogP contribution is 2.28. The van der Waals surface area contributed by atoms with E-state index in [1.165, 1.54) is 5.56 Å². The number of hydrogen-bond acceptors (Lipinski definition) is 3. The number of anilines is 1. The van der Waals surface area contributed by atoms with E-state index in [0.29, 0.717) is 13.2 Å². The average molecular weight is 234 g/mol. The van der Waals surface area contributed by atoms with Crippen molar-refractivity contribution < 1.29 is 9.53 Å². The quantitative estimate of drug-likeness (QED) is 0.609. The standard InChI is InChI=1S/C13H18N2O2/c1-15-12-4-3-10(5-6-14-9-17-2)7-11(12)8-13(15)16/h3-4,7,14H,5-6,8-9H2,1-2H3. The number of rotatable bonds is 5. The summed E-state index contributed by atoms with van der Waals surface area (Å²) in [6, 6.07) is 6.25. The second-order valence-electron chi connectivity index (χ2n) is 4.28. The van der Waals surface area contributed by atoms with Gasteiger partial charge in [-0.1, -0.05) is 12.1 Å². The minimum Gasteiger partial charge on any atom is -0.370 e. The van der Waals surface area contributed by atoms with Gasteiger partial charge in [-0.15, -0.1) is 0 Å². The predicted octanol–water partition coefficient (Wildman–Crippen LogP) is 0.941. The summed E-state index contributed by atoms with van der Waals surface area (Å²) in [6.07, 6.45) is 1.49. The Morgan fingerprint density at radius 3 is 3.06 bits per heavy atom. The van der Waals surface area contributed by atoms with Crippen molar-refractivity contribution in [2.24, 2.45) is 0 Å². The maximum atomic E-state index is 11.5. The first kappa shape index (κ1) is 12.1. The van der Waals surface area contributed by atoms with Gasteiger partial charge in [-0.25, -0.2) is 0 Å². The van der Waals surface area contributed by atoms with Gasteiger partial charge in [-0.2, -0.15) is 0 Å². The van der Waals surface area contributed by atoms with Crippen LogP contribution in [0.5, 0.6) is 0 Å². The molecule has 1 N–H and O–H groups in total. The molecule has 0 bridgehead atoms. The van der Waals surface area contributed by atoms with Crippen LogP contribution in [0.15, 0.2) is 18.2 Å². The molecule has 0 unspecified atom stereocenters. The number of hydrogen-bond donors (Lipinski definition) is 1. The number of likely N-dealkylation sites (N-methyl/N-ethyl adjacent to an activating group) is 1. The monoisotopic (exact) mass is 234 g/mol. The number of benzene rings is 1. The first-order valence-corrected chi connectivity index (χ1v) is 5.80. The van der Waals surface area contributed by atoms with Crippen LogP contribution in [-0.2, 0) is 22.4 Å². The van der Waals surface area contributed by atoms with E-state index < -0.39 is 0 Å². The SMILES string of the molecule is COCNCCc1ccc2c(c1)CC(=O)N2C. The Bertz CT molecular complexity index is 418. The topological polar surface area (TPSA) is 41.6 Å². The lowest BCUT2D eigenvalue weighted by Crippen LogP contribution is -2.20. The largest absolute Gasteiger partial charge is 0.370 e. The molecule has 0 atom stereocenters. The van der Waals surface area contributed by atoms with E-state index in [1.54, 1.807) is 12.0 Å². The van der Waals surface area contributed by atoms with Crippen molar-refractivity contribution in [1.29, 1.82) is 0 Å². The molecule has 0 aliphatic carbocycles. The molecule has 1 amide bonds. The van der Waals surface area contributed by atoms with Gasteiger partial charge in [0.15, 0.2) is 0 Å². The zero-order chi connectivity index (χ0) is 12.3. The Hall–Kier alpha value is -1.39. The van der Waals surface area contributed by atoms with Crippen molar-refractivity contribution in [3.63, 3.8) is 0 Å². The second-order valence-corrected chi connectivity index (χ2v) is 4.28. The maximum Gasteiger partial charge on any atom is 0.231 e. The highest BCUT2D eigenvalue weighted by Gasteiger charge is 2.23. The lowest BCUT2D eigenvalue weighted by molar-refractivity contribution is -0.117. The molecule has 1 aromatic carbocycles. The van der Waals surface area contributed by atoms with Crippen molar-refractivity contribution in [3.8, 4) is 0 Å². The molecule has 17 heavy (non-hydrogen) atoms. The molecule has 0 radical (unpaired) electrons. The van der Waals surface area contributed by atoms with Crippen molar-refractivity contribution >= 4 is 11.6 Å². The first-order chi connectivity index (χ1) is 8.22. The van der Waals surface area contributed by atoms with E-state index in [4.69, 9.17) is 4.74 Å². The van der Waals surface area contributed by atoms with Crippen LogP contribution in [0, 0.1) is 0 Å². The summed E-state index contributed by atoms with van der Waals surface area (Å²) in [6.45, 7) is 1.46. The normalized spacial score (nSPS) is 14.2. The highest BCUT2D eigenvalue weighted by atomic mass is 16.5. The third-order valence-corrected chi connectivity index (χ3v) is 3.06. The third-order valence-electron chi connectivity index (χ3n) is 3.06. The molecule has 4 nitrogen and oxygen atoms in total. The number of nitrogens with one attached hydrogen (secondary N) is 1. The molecule has 0 fully saturated rings. The number of carbonyl (C=O) groups excluding carboxylic acids is 1. The maximum absolute atomic E-state index is 11.5. The molecule has 1 heterocycles. The average Bonchev–Trinajstić information content (AvgIpc) is 2.61. The van der Waals surface area contributed by atoms with E-state index >= 15 is 0 Å². The molecule has 1 aliphatic heterocycles. The Kier molecular flexibility index (Phi) is 3.76. The van der Waals surface area contributed by atoms with Gasteiger partial charge < -0.3 is 9.64 Å².